The van der Waals surface area contributed by atoms with Crippen LogP contribution in [0.2, 0.25) is 0 Å². The number of nitrogens with zero attached hydrogens (tertiary/aromatic N) is 5. The highest BCUT2D eigenvalue weighted by Gasteiger charge is 2.38. The van der Waals surface area contributed by atoms with Gasteiger partial charge in [0.1, 0.15) is 5.82 Å². The Morgan fingerprint density at radius 2 is 1.64 bits per heavy atom. The summed E-state index contributed by atoms with van der Waals surface area (Å²) in [5.41, 5.74) is 2.07. The molecule has 0 bridgehead atoms. The van der Waals surface area contributed by atoms with Crippen LogP contribution >= 0.6 is 0 Å². The Morgan fingerprint density at radius 3 is 2.23 bits per heavy atom. The van der Waals surface area contributed by atoms with Gasteiger partial charge in [0.05, 0.1) is 22.7 Å². The zero-order chi connectivity index (χ0) is 28.3. The van der Waals surface area contributed by atoms with E-state index in [1.807, 2.05) is 4.90 Å². The molecule has 1 aromatic heterocycles. The number of fused-ring (bicyclic) bond motifs is 1. The average Bonchev–Trinajstić information content (AvgIpc) is 3.71. The number of hydrogen-bond acceptors (Lipinski definition) is 7. The number of carbonyl (C=O) groups is 1. The molecular formula is C25H22F6N6O2. The van der Waals surface area contributed by atoms with Gasteiger partial charge < -0.3 is 15.3 Å². The number of aliphatic carboxylic acids is 1. The zero-order valence-corrected chi connectivity index (χ0v) is 20.3. The predicted octanol–water partition coefficient (Wildman–Crippen LogP) is 4.45. The fourth-order valence-corrected chi connectivity index (χ4v) is 3.90. The van der Waals surface area contributed by atoms with Crippen LogP contribution in [0.5, 0.6) is 0 Å². The van der Waals surface area contributed by atoms with Crippen LogP contribution in [0.1, 0.15) is 24.0 Å². The second-order valence-corrected chi connectivity index (χ2v) is 9.05. The largest absolute Gasteiger partial charge is 0.490 e. The molecule has 2 fully saturated rings. The minimum absolute atomic E-state index is 0.146. The van der Waals surface area contributed by atoms with Crippen molar-refractivity contribution in [1.29, 1.82) is 5.26 Å². The molecule has 14 heteroatoms. The third kappa shape index (κ3) is 7.05. The Morgan fingerprint density at radius 1 is 1.00 bits per heavy atom. The van der Waals surface area contributed by atoms with Crippen LogP contribution in [-0.4, -0.2) is 64.3 Å². The Balaban J connectivity index is 0.000000448. The Labute approximate surface area is 218 Å². The molecule has 1 saturated heterocycles. The number of nitrogens with one attached hydrogen (secondary N) is 1. The van der Waals surface area contributed by atoms with E-state index >= 15 is 0 Å². The lowest BCUT2D eigenvalue weighted by atomic mass is 10.1. The van der Waals surface area contributed by atoms with Crippen LogP contribution in [0, 0.1) is 28.8 Å². The molecule has 1 aliphatic heterocycles. The van der Waals surface area contributed by atoms with Gasteiger partial charge in [0.25, 0.3) is 0 Å². The van der Waals surface area contributed by atoms with Crippen molar-refractivity contribution in [2.45, 2.75) is 31.6 Å². The van der Waals surface area contributed by atoms with Crippen LogP contribution < -0.4 is 10.2 Å². The van der Waals surface area contributed by atoms with E-state index in [0.717, 1.165) is 24.7 Å². The van der Waals surface area contributed by atoms with E-state index in [-0.39, 0.29) is 12.1 Å². The molecule has 0 radical (unpaired) electrons. The maximum atomic E-state index is 14.0. The van der Waals surface area contributed by atoms with Gasteiger partial charge in [0, 0.05) is 50.4 Å². The molecule has 206 valence electrons. The fraction of sp³-hybridized carbons (Fsp3) is 0.360. The lowest BCUT2D eigenvalue weighted by Gasteiger charge is -2.36. The summed E-state index contributed by atoms with van der Waals surface area (Å²) in [6, 6.07) is 9.30. The normalized spacial score (nSPS) is 15.9. The molecule has 2 aliphatic rings. The highest BCUT2D eigenvalue weighted by atomic mass is 19.4. The molecule has 2 N–H and O–H groups in total. The van der Waals surface area contributed by atoms with Crippen LogP contribution in [0.25, 0.3) is 11.0 Å². The van der Waals surface area contributed by atoms with Gasteiger partial charge in [-0.15, -0.1) is 0 Å². The van der Waals surface area contributed by atoms with E-state index < -0.39 is 29.6 Å². The number of halogens is 6. The Hall–Kier alpha value is -4.12. The van der Waals surface area contributed by atoms with E-state index in [0.29, 0.717) is 60.7 Å². The first-order valence-corrected chi connectivity index (χ1v) is 11.8. The summed E-state index contributed by atoms with van der Waals surface area (Å²) < 4.78 is 72.5. The summed E-state index contributed by atoms with van der Waals surface area (Å²) in [4.78, 5) is 22.6. The third-order valence-electron chi connectivity index (χ3n) is 6.09. The van der Waals surface area contributed by atoms with Gasteiger partial charge in [-0.05, 0) is 37.1 Å². The highest BCUT2D eigenvalue weighted by molar-refractivity contribution is 5.82. The van der Waals surface area contributed by atoms with Gasteiger partial charge in [-0.3, -0.25) is 4.90 Å². The first-order valence-electron chi connectivity index (χ1n) is 11.8. The SMILES string of the molecule is N#Cc1ccc2nc(N3CCN(Cc4cc(F)c(F)cc4F)CC3)c(NC3CC3)nc2c1.O=C(O)C(F)(F)F. The topological polar surface area (TPSA) is 105 Å². The van der Waals surface area contributed by atoms with Crippen molar-refractivity contribution in [2.75, 3.05) is 36.4 Å². The molecular weight excluding hydrogens is 530 g/mol. The molecule has 2 heterocycles. The van der Waals surface area contributed by atoms with Crippen LogP contribution in [0.15, 0.2) is 30.3 Å². The fourth-order valence-electron chi connectivity index (χ4n) is 3.90. The quantitative estimate of drug-likeness (QED) is 0.354. The van der Waals surface area contributed by atoms with Gasteiger partial charge in [-0.1, -0.05) is 0 Å². The number of aromatic nitrogens is 2. The summed E-state index contributed by atoms with van der Waals surface area (Å²) in [7, 11) is 0. The highest BCUT2D eigenvalue weighted by Crippen LogP contribution is 2.31. The predicted molar refractivity (Wildman–Crippen MR) is 128 cm³/mol. The molecule has 0 spiro atoms. The molecule has 5 rings (SSSR count). The number of alkyl halides is 3. The second-order valence-electron chi connectivity index (χ2n) is 9.05. The number of anilines is 2. The number of rotatable bonds is 5. The molecule has 1 saturated carbocycles. The first-order chi connectivity index (χ1) is 18.4. The van der Waals surface area contributed by atoms with Crippen LogP contribution in [-0.2, 0) is 11.3 Å². The second kappa shape index (κ2) is 11.3. The maximum Gasteiger partial charge on any atom is 0.490 e. The molecule has 0 unspecified atom stereocenters. The lowest BCUT2D eigenvalue weighted by molar-refractivity contribution is -0.192. The molecule has 8 nitrogen and oxygen atoms in total. The molecule has 0 amide bonds. The van der Waals surface area contributed by atoms with Gasteiger partial charge in [-0.2, -0.15) is 18.4 Å². The molecule has 3 aromatic rings. The van der Waals surface area contributed by atoms with E-state index in [9.17, 15) is 26.3 Å². The lowest BCUT2D eigenvalue weighted by Crippen LogP contribution is -2.46. The summed E-state index contributed by atoms with van der Waals surface area (Å²) in [6.07, 6.45) is -2.91. The Kier molecular flexibility index (Phi) is 8.10. The van der Waals surface area contributed by atoms with Crippen LogP contribution in [0.4, 0.5) is 38.0 Å². The van der Waals surface area contributed by atoms with Gasteiger partial charge in [0.15, 0.2) is 23.3 Å². The Bertz CT molecular complexity index is 1410. The first kappa shape index (κ1) is 27.9. The number of piperazine rings is 1. The maximum absolute atomic E-state index is 14.0. The number of nitriles is 1. The van der Waals surface area contributed by atoms with Gasteiger partial charge in [-0.25, -0.2) is 27.9 Å². The molecule has 0 atom stereocenters. The van der Waals surface area contributed by atoms with Crippen molar-refractivity contribution in [1.82, 2.24) is 14.9 Å². The van der Waals surface area contributed by atoms with E-state index in [1.165, 1.54) is 0 Å². The van der Waals surface area contributed by atoms with Crippen LogP contribution in [0.3, 0.4) is 0 Å². The van der Waals surface area contributed by atoms with Gasteiger partial charge >= 0.3 is 12.1 Å². The molecule has 39 heavy (non-hydrogen) atoms. The van der Waals surface area contributed by atoms with Crippen molar-refractivity contribution in [3.8, 4) is 6.07 Å². The van der Waals surface area contributed by atoms with Gasteiger partial charge in [0.2, 0.25) is 0 Å². The smallest absolute Gasteiger partial charge is 0.475 e. The van der Waals surface area contributed by atoms with Crippen molar-refractivity contribution in [3.63, 3.8) is 0 Å². The van der Waals surface area contributed by atoms with Crippen molar-refractivity contribution in [2.24, 2.45) is 0 Å². The number of benzene rings is 2. The minimum atomic E-state index is -5.08. The van der Waals surface area contributed by atoms with E-state index in [1.54, 1.807) is 18.2 Å². The molecule has 1 aliphatic carbocycles. The minimum Gasteiger partial charge on any atom is -0.475 e. The monoisotopic (exact) mass is 552 g/mol. The summed E-state index contributed by atoms with van der Waals surface area (Å²) in [5.74, 6) is -4.25. The standard InChI is InChI=1S/C23H21F3N6.C2HF3O2/c24-17-11-19(26)18(25)10-15(17)13-31-5-7-32(8-6-31)23-22(28-16-2-3-16)29-21-9-14(12-27)1-4-20(21)30-23;3-2(4,5)1(6)7/h1,4,9-11,16H,2-3,5-8,13H2,(H,28,29);(H,6,7). The van der Waals surface area contributed by atoms with Crippen molar-refractivity contribution in [3.05, 3.63) is 58.9 Å². The van der Waals surface area contributed by atoms with E-state index in [2.05, 4.69) is 16.3 Å². The van der Waals surface area contributed by atoms with E-state index in [4.69, 9.17) is 25.1 Å². The van der Waals surface area contributed by atoms with Crippen molar-refractivity contribution < 1.29 is 36.2 Å². The van der Waals surface area contributed by atoms with Crippen molar-refractivity contribution >= 4 is 28.6 Å². The molecule has 2 aromatic carbocycles. The zero-order valence-electron chi connectivity index (χ0n) is 20.3. The summed E-state index contributed by atoms with van der Waals surface area (Å²) in [6.45, 7) is 2.73. The third-order valence-corrected chi connectivity index (χ3v) is 6.09. The average molecular weight is 552 g/mol. The summed E-state index contributed by atoms with van der Waals surface area (Å²) in [5, 5.41) is 19.7. The number of hydrogen-bond donors (Lipinski definition) is 2. The number of carboxylic acid groups (broad SMARTS) is 1. The summed E-state index contributed by atoms with van der Waals surface area (Å²) >= 11 is 0. The number of carboxylic acids is 1.